The minimum absolute atomic E-state index is 0.149. The number of piperazine rings is 1. The van der Waals surface area contributed by atoms with E-state index in [1.807, 2.05) is 31.3 Å². The summed E-state index contributed by atoms with van der Waals surface area (Å²) in [5.41, 5.74) is 2.04. The van der Waals surface area contributed by atoms with Crippen LogP contribution in [0.2, 0.25) is 0 Å². The van der Waals surface area contributed by atoms with Crippen LogP contribution in [0.25, 0.3) is 0 Å². The highest BCUT2D eigenvalue weighted by molar-refractivity contribution is 7.89. The van der Waals surface area contributed by atoms with Gasteiger partial charge >= 0.3 is 0 Å². The highest BCUT2D eigenvalue weighted by Crippen LogP contribution is 2.35. The maximum atomic E-state index is 13.3. The minimum atomic E-state index is -3.52. The van der Waals surface area contributed by atoms with Crippen molar-refractivity contribution >= 4 is 15.8 Å². The van der Waals surface area contributed by atoms with Gasteiger partial charge in [-0.2, -0.15) is 4.31 Å². The number of likely N-dealkylation sites (N-methyl/N-ethyl adjacent to an activating group) is 1. The molecule has 0 amide bonds. The highest BCUT2D eigenvalue weighted by Gasteiger charge is 2.34. The molecule has 2 aromatic rings. The molecule has 1 atom stereocenters. The van der Waals surface area contributed by atoms with E-state index in [-0.39, 0.29) is 6.04 Å². The third-order valence-corrected chi connectivity index (χ3v) is 7.99. The van der Waals surface area contributed by atoms with Crippen molar-refractivity contribution in [2.45, 2.75) is 37.1 Å². The molecule has 1 aromatic heterocycles. The number of aryl methyl sites for hydroxylation is 1. The van der Waals surface area contributed by atoms with Gasteiger partial charge in [0.1, 0.15) is 5.82 Å². The topological polar surface area (TPSA) is 56.8 Å². The van der Waals surface area contributed by atoms with Gasteiger partial charge in [0.2, 0.25) is 10.0 Å². The molecule has 0 bridgehead atoms. The summed E-state index contributed by atoms with van der Waals surface area (Å²) in [7, 11) is -1.38. The summed E-state index contributed by atoms with van der Waals surface area (Å²) >= 11 is 0. The third kappa shape index (κ3) is 4.32. The number of sulfonamides is 1. The molecule has 0 saturated carbocycles. The van der Waals surface area contributed by atoms with E-state index in [1.165, 1.54) is 0 Å². The molecule has 1 unspecified atom stereocenters. The summed E-state index contributed by atoms with van der Waals surface area (Å²) in [5, 5.41) is 0. The monoisotopic (exact) mass is 414 g/mol. The second-order valence-electron chi connectivity index (χ2n) is 8.18. The second kappa shape index (κ2) is 8.42. The lowest BCUT2D eigenvalue weighted by atomic mass is 9.99. The number of anilines is 1. The molecule has 0 spiro atoms. The average molecular weight is 415 g/mol. The molecule has 2 fully saturated rings. The SMILES string of the molecule is Cc1ccc(S(=O)(=O)N2CCCCC2c2ccc(N3CCN(C)CC3)nc2)cc1. The van der Waals surface area contributed by atoms with E-state index >= 15 is 0 Å². The Kier molecular flexibility index (Phi) is 5.90. The Morgan fingerprint density at radius 1 is 0.931 bits per heavy atom. The lowest BCUT2D eigenvalue weighted by molar-refractivity contribution is 0.255. The van der Waals surface area contributed by atoms with Crippen LogP contribution in [0.3, 0.4) is 0 Å². The van der Waals surface area contributed by atoms with E-state index in [0.717, 1.165) is 62.4 Å². The van der Waals surface area contributed by atoms with Gasteiger partial charge in [0.05, 0.1) is 10.9 Å². The number of pyridine rings is 1. The van der Waals surface area contributed by atoms with Crippen LogP contribution in [0.4, 0.5) is 5.82 Å². The first kappa shape index (κ1) is 20.3. The first-order chi connectivity index (χ1) is 13.9. The van der Waals surface area contributed by atoms with Crippen LogP contribution in [0.15, 0.2) is 47.5 Å². The number of benzene rings is 1. The largest absolute Gasteiger partial charge is 0.354 e. The van der Waals surface area contributed by atoms with Crippen molar-refractivity contribution in [3.8, 4) is 0 Å². The smallest absolute Gasteiger partial charge is 0.243 e. The first-order valence-electron chi connectivity index (χ1n) is 10.4. The molecule has 0 N–H and O–H groups in total. The molecular weight excluding hydrogens is 384 g/mol. The fourth-order valence-corrected chi connectivity index (χ4v) is 5.87. The van der Waals surface area contributed by atoms with E-state index in [1.54, 1.807) is 16.4 Å². The standard InChI is InChI=1S/C22H30N4O2S/c1-18-6-9-20(10-7-18)29(27,28)26-12-4-3-5-21(26)19-8-11-22(23-17-19)25-15-13-24(2)14-16-25/h6-11,17,21H,3-5,12-16H2,1-2H3. The number of hydrogen-bond donors (Lipinski definition) is 0. The zero-order valence-corrected chi connectivity index (χ0v) is 18.1. The Labute approximate surface area is 174 Å². The van der Waals surface area contributed by atoms with Gasteiger partial charge in [0.25, 0.3) is 0 Å². The molecule has 6 nitrogen and oxygen atoms in total. The zero-order chi connectivity index (χ0) is 20.4. The quantitative estimate of drug-likeness (QED) is 0.770. The molecule has 2 saturated heterocycles. The van der Waals surface area contributed by atoms with E-state index in [2.05, 4.69) is 27.9 Å². The third-order valence-electron chi connectivity index (χ3n) is 6.06. The van der Waals surface area contributed by atoms with Crippen molar-refractivity contribution in [3.05, 3.63) is 53.7 Å². The number of piperidine rings is 1. The van der Waals surface area contributed by atoms with E-state index in [9.17, 15) is 8.42 Å². The minimum Gasteiger partial charge on any atom is -0.354 e. The van der Waals surface area contributed by atoms with Gasteiger partial charge in [-0.25, -0.2) is 13.4 Å². The molecule has 0 aliphatic carbocycles. The van der Waals surface area contributed by atoms with Gasteiger partial charge in [-0.3, -0.25) is 0 Å². The second-order valence-corrected chi connectivity index (χ2v) is 10.1. The molecule has 7 heteroatoms. The van der Waals surface area contributed by atoms with Crippen LogP contribution >= 0.6 is 0 Å². The molecule has 0 radical (unpaired) electrons. The number of hydrogen-bond acceptors (Lipinski definition) is 5. The molecule has 29 heavy (non-hydrogen) atoms. The van der Waals surface area contributed by atoms with Gasteiger partial charge < -0.3 is 9.80 Å². The van der Waals surface area contributed by atoms with Gasteiger partial charge in [-0.05, 0) is 50.6 Å². The van der Waals surface area contributed by atoms with Crippen molar-refractivity contribution < 1.29 is 8.42 Å². The molecule has 1 aromatic carbocycles. The normalized spacial score (nSPS) is 22.0. The van der Waals surface area contributed by atoms with Crippen LogP contribution < -0.4 is 4.90 Å². The molecule has 2 aliphatic rings. The summed E-state index contributed by atoms with van der Waals surface area (Å²) in [4.78, 5) is 9.68. The highest BCUT2D eigenvalue weighted by atomic mass is 32.2. The average Bonchev–Trinajstić information content (AvgIpc) is 2.75. The van der Waals surface area contributed by atoms with Crippen molar-refractivity contribution in [2.75, 3.05) is 44.7 Å². The fraction of sp³-hybridized carbons (Fsp3) is 0.500. The van der Waals surface area contributed by atoms with Crippen molar-refractivity contribution in [1.82, 2.24) is 14.2 Å². The van der Waals surface area contributed by atoms with Crippen molar-refractivity contribution in [1.29, 1.82) is 0 Å². The molecule has 4 rings (SSSR count). The summed E-state index contributed by atoms with van der Waals surface area (Å²) in [5.74, 6) is 0.977. The van der Waals surface area contributed by atoms with Crippen LogP contribution in [0, 0.1) is 6.92 Å². The van der Waals surface area contributed by atoms with Crippen LogP contribution in [-0.4, -0.2) is 62.4 Å². The van der Waals surface area contributed by atoms with Gasteiger partial charge in [0, 0.05) is 38.9 Å². The summed E-state index contributed by atoms with van der Waals surface area (Å²) in [6, 6.07) is 11.1. The molecule has 156 valence electrons. The molecular formula is C22H30N4O2S. The summed E-state index contributed by atoms with van der Waals surface area (Å²) in [6.07, 6.45) is 4.64. The number of nitrogens with zero attached hydrogens (tertiary/aromatic N) is 4. The summed E-state index contributed by atoms with van der Waals surface area (Å²) in [6.45, 7) is 6.54. The van der Waals surface area contributed by atoms with Crippen molar-refractivity contribution in [2.24, 2.45) is 0 Å². The van der Waals surface area contributed by atoms with E-state index in [0.29, 0.717) is 11.4 Å². The lowest BCUT2D eigenvalue weighted by Crippen LogP contribution is -2.44. The van der Waals surface area contributed by atoms with Gasteiger partial charge in [-0.15, -0.1) is 0 Å². The number of aromatic nitrogens is 1. The predicted molar refractivity (Wildman–Crippen MR) is 116 cm³/mol. The Morgan fingerprint density at radius 3 is 2.31 bits per heavy atom. The van der Waals surface area contributed by atoms with Crippen LogP contribution in [0.1, 0.15) is 36.4 Å². The Bertz CT molecular complexity index is 920. The fourth-order valence-electron chi connectivity index (χ4n) is 4.19. The first-order valence-corrected chi connectivity index (χ1v) is 11.9. The van der Waals surface area contributed by atoms with E-state index < -0.39 is 10.0 Å². The Hall–Kier alpha value is -1.96. The summed E-state index contributed by atoms with van der Waals surface area (Å²) < 4.78 is 28.3. The number of rotatable bonds is 4. The van der Waals surface area contributed by atoms with Gasteiger partial charge in [0.15, 0.2) is 0 Å². The predicted octanol–water partition coefficient (Wildman–Crippen LogP) is 3.06. The maximum absolute atomic E-state index is 13.3. The van der Waals surface area contributed by atoms with Gasteiger partial charge in [-0.1, -0.05) is 30.2 Å². The molecule has 3 heterocycles. The van der Waals surface area contributed by atoms with Crippen LogP contribution in [0.5, 0.6) is 0 Å². The van der Waals surface area contributed by atoms with Crippen molar-refractivity contribution in [3.63, 3.8) is 0 Å². The Balaban J connectivity index is 1.56. The Morgan fingerprint density at radius 2 is 1.66 bits per heavy atom. The molecule has 2 aliphatic heterocycles. The lowest BCUT2D eigenvalue weighted by Gasteiger charge is -2.35. The maximum Gasteiger partial charge on any atom is 0.243 e. The van der Waals surface area contributed by atoms with E-state index in [4.69, 9.17) is 0 Å². The van der Waals surface area contributed by atoms with Crippen LogP contribution in [-0.2, 0) is 10.0 Å². The zero-order valence-electron chi connectivity index (χ0n) is 17.3.